The summed E-state index contributed by atoms with van der Waals surface area (Å²) in [6, 6.07) is 12.8. The first kappa shape index (κ1) is 23.1. The number of carbonyl (C=O) groups is 2. The zero-order valence-corrected chi connectivity index (χ0v) is 18.5. The fourth-order valence-corrected chi connectivity index (χ4v) is 3.81. The second-order valence-electron chi connectivity index (χ2n) is 7.71. The van der Waals surface area contributed by atoms with Crippen molar-refractivity contribution in [1.29, 1.82) is 5.26 Å². The normalized spacial score (nSPS) is 14.7. The topological polar surface area (TPSA) is 105 Å². The number of amides is 1. The van der Waals surface area contributed by atoms with Crippen LogP contribution in [0.4, 0.5) is 11.5 Å². The molecule has 1 aromatic heterocycles. The van der Waals surface area contributed by atoms with Crippen LogP contribution in [0.1, 0.15) is 49.4 Å². The molecule has 0 spiro atoms. The van der Waals surface area contributed by atoms with Crippen LogP contribution in [-0.2, 0) is 9.53 Å². The molecular formula is C24H28N4O4. The van der Waals surface area contributed by atoms with Crippen molar-refractivity contribution in [2.75, 3.05) is 25.6 Å². The molecule has 0 atom stereocenters. The van der Waals surface area contributed by atoms with Gasteiger partial charge in [0.15, 0.2) is 6.61 Å². The third-order valence-corrected chi connectivity index (χ3v) is 5.69. The van der Waals surface area contributed by atoms with E-state index in [4.69, 9.17) is 9.47 Å². The molecule has 8 heteroatoms. The minimum Gasteiger partial charge on any atom is -0.494 e. The van der Waals surface area contributed by atoms with Crippen LogP contribution in [-0.4, -0.2) is 47.6 Å². The van der Waals surface area contributed by atoms with Crippen LogP contribution in [0, 0.1) is 11.3 Å². The molecule has 1 N–H and O–H groups in total. The number of ether oxygens (including phenoxy) is 2. The molecular weight excluding hydrogens is 408 g/mol. The molecule has 0 unspecified atom stereocenters. The molecule has 1 aliphatic rings. The number of nitrogens with zero attached hydrogens (tertiary/aromatic N) is 3. The van der Waals surface area contributed by atoms with E-state index in [1.54, 1.807) is 25.4 Å². The van der Waals surface area contributed by atoms with E-state index >= 15 is 0 Å². The highest BCUT2D eigenvalue weighted by atomic mass is 16.5. The average Bonchev–Trinajstić information content (AvgIpc) is 2.84. The molecule has 1 aromatic carbocycles. The molecule has 1 heterocycles. The van der Waals surface area contributed by atoms with Crippen LogP contribution in [0.15, 0.2) is 42.6 Å². The van der Waals surface area contributed by atoms with Crippen LogP contribution in [0.3, 0.4) is 0 Å². The summed E-state index contributed by atoms with van der Waals surface area (Å²) in [5, 5.41) is 12.8. The van der Waals surface area contributed by atoms with E-state index < -0.39 is 24.0 Å². The van der Waals surface area contributed by atoms with Crippen molar-refractivity contribution in [1.82, 2.24) is 9.88 Å². The zero-order chi connectivity index (χ0) is 23.0. The number of nitrogens with one attached hydrogen (secondary N) is 1. The van der Waals surface area contributed by atoms with Crippen LogP contribution >= 0.6 is 0 Å². The van der Waals surface area contributed by atoms with E-state index in [0.29, 0.717) is 25.3 Å². The molecule has 32 heavy (non-hydrogen) atoms. The number of hydrogen-bond donors (Lipinski definition) is 1. The summed E-state index contributed by atoms with van der Waals surface area (Å²) in [6.45, 7) is 2.05. The van der Waals surface area contributed by atoms with E-state index in [2.05, 4.69) is 16.4 Å². The molecule has 1 saturated carbocycles. The molecule has 3 rings (SSSR count). The lowest BCUT2D eigenvalue weighted by Crippen LogP contribution is -2.51. The van der Waals surface area contributed by atoms with Gasteiger partial charge < -0.3 is 19.7 Å². The Hall–Kier alpha value is -3.60. The van der Waals surface area contributed by atoms with Gasteiger partial charge in [-0.15, -0.1) is 0 Å². The summed E-state index contributed by atoms with van der Waals surface area (Å²) in [6.07, 6.45) is 5.71. The number of anilines is 2. The highest BCUT2D eigenvalue weighted by molar-refractivity contribution is 5.96. The van der Waals surface area contributed by atoms with Crippen LogP contribution < -0.4 is 10.1 Å². The maximum atomic E-state index is 12.7. The number of likely N-dealkylation sites (N-methyl/N-ethyl adjacent to an activating group) is 1. The third kappa shape index (κ3) is 5.35. The lowest BCUT2D eigenvalue weighted by molar-refractivity contribution is -0.138. The van der Waals surface area contributed by atoms with Gasteiger partial charge in [0.1, 0.15) is 22.7 Å². The largest absolute Gasteiger partial charge is 0.494 e. The van der Waals surface area contributed by atoms with Gasteiger partial charge in [-0.3, -0.25) is 4.79 Å². The minimum absolute atomic E-state index is 0.213. The van der Waals surface area contributed by atoms with Gasteiger partial charge in [0.2, 0.25) is 0 Å². The highest BCUT2D eigenvalue weighted by Gasteiger charge is 2.39. The van der Waals surface area contributed by atoms with Crippen LogP contribution in [0.5, 0.6) is 5.75 Å². The van der Waals surface area contributed by atoms with Gasteiger partial charge in [-0.2, -0.15) is 5.26 Å². The van der Waals surface area contributed by atoms with Crippen molar-refractivity contribution in [2.24, 2.45) is 0 Å². The highest BCUT2D eigenvalue weighted by Crippen LogP contribution is 2.32. The maximum absolute atomic E-state index is 12.7. The molecule has 1 aliphatic carbocycles. The molecule has 1 fully saturated rings. The zero-order valence-electron chi connectivity index (χ0n) is 18.5. The Kier molecular flexibility index (Phi) is 7.66. The monoisotopic (exact) mass is 436 g/mol. The van der Waals surface area contributed by atoms with Gasteiger partial charge in [0, 0.05) is 18.9 Å². The number of carbonyl (C=O) groups excluding carboxylic acids is 2. The fourth-order valence-electron chi connectivity index (χ4n) is 3.81. The quantitative estimate of drug-likeness (QED) is 0.622. The average molecular weight is 437 g/mol. The molecule has 0 bridgehead atoms. The molecule has 168 valence electrons. The van der Waals surface area contributed by atoms with Crippen molar-refractivity contribution < 1.29 is 19.1 Å². The molecule has 0 aliphatic heterocycles. The predicted molar refractivity (Wildman–Crippen MR) is 120 cm³/mol. The number of hydrogen-bond acceptors (Lipinski definition) is 7. The van der Waals surface area contributed by atoms with E-state index in [1.807, 2.05) is 31.2 Å². The molecule has 0 saturated heterocycles. The first-order valence-corrected chi connectivity index (χ1v) is 10.8. The summed E-state index contributed by atoms with van der Waals surface area (Å²) in [5.41, 5.74) is 0.117. The first-order chi connectivity index (χ1) is 15.5. The first-order valence-electron chi connectivity index (χ1n) is 10.8. The molecule has 2 aromatic rings. The maximum Gasteiger partial charge on any atom is 0.342 e. The van der Waals surface area contributed by atoms with Crippen LogP contribution in [0.2, 0.25) is 0 Å². The summed E-state index contributed by atoms with van der Waals surface area (Å²) in [4.78, 5) is 31.0. The Morgan fingerprint density at radius 2 is 1.91 bits per heavy atom. The van der Waals surface area contributed by atoms with Crippen molar-refractivity contribution >= 4 is 23.4 Å². The molecule has 0 radical (unpaired) electrons. The second kappa shape index (κ2) is 10.6. The van der Waals surface area contributed by atoms with Gasteiger partial charge in [0.05, 0.1) is 12.7 Å². The number of rotatable bonds is 8. The summed E-state index contributed by atoms with van der Waals surface area (Å²) < 4.78 is 10.7. The van der Waals surface area contributed by atoms with E-state index in [9.17, 15) is 14.9 Å². The number of esters is 1. The summed E-state index contributed by atoms with van der Waals surface area (Å²) in [5.74, 6) is 0.00679. The number of benzene rings is 1. The van der Waals surface area contributed by atoms with E-state index in [0.717, 1.165) is 30.7 Å². The van der Waals surface area contributed by atoms with Crippen molar-refractivity contribution in [3.05, 3.63) is 48.2 Å². The van der Waals surface area contributed by atoms with Gasteiger partial charge in [-0.05, 0) is 56.2 Å². The Labute approximate surface area is 188 Å². The Morgan fingerprint density at radius 3 is 2.56 bits per heavy atom. The minimum atomic E-state index is -0.823. The smallest absolute Gasteiger partial charge is 0.342 e. The Morgan fingerprint density at radius 1 is 1.19 bits per heavy atom. The van der Waals surface area contributed by atoms with Crippen molar-refractivity contribution in [3.8, 4) is 11.8 Å². The van der Waals surface area contributed by atoms with Crippen LogP contribution in [0.25, 0.3) is 0 Å². The van der Waals surface area contributed by atoms with Gasteiger partial charge in [-0.1, -0.05) is 19.3 Å². The van der Waals surface area contributed by atoms with Gasteiger partial charge >= 0.3 is 5.97 Å². The number of pyridine rings is 1. The fraction of sp³-hybridized carbons (Fsp3) is 0.417. The summed E-state index contributed by atoms with van der Waals surface area (Å²) >= 11 is 0. The second-order valence-corrected chi connectivity index (χ2v) is 7.71. The lowest BCUT2D eigenvalue weighted by atomic mass is 9.81. The number of nitriles is 1. The molecule has 8 nitrogen and oxygen atoms in total. The predicted octanol–water partition coefficient (Wildman–Crippen LogP) is 4.07. The van der Waals surface area contributed by atoms with Gasteiger partial charge in [0.25, 0.3) is 5.91 Å². The van der Waals surface area contributed by atoms with Gasteiger partial charge in [-0.25, -0.2) is 9.78 Å². The van der Waals surface area contributed by atoms with E-state index in [1.165, 1.54) is 4.90 Å². The Bertz CT molecular complexity index is 978. The Balaban J connectivity index is 1.64. The standard InChI is InChI=1S/C24H28N4O4/c1-3-31-19-11-9-18(10-12-19)27-22-20(8-7-15-26-22)23(30)32-16-21(29)28(2)24(17-25)13-5-4-6-14-24/h7-12,15H,3-6,13-14,16H2,1-2H3,(H,26,27). The SMILES string of the molecule is CCOc1ccc(Nc2ncccc2C(=O)OCC(=O)N(C)C2(C#N)CCCCC2)cc1. The molecule has 1 amide bonds. The van der Waals surface area contributed by atoms with Crippen molar-refractivity contribution in [3.63, 3.8) is 0 Å². The van der Waals surface area contributed by atoms with E-state index in [-0.39, 0.29) is 5.56 Å². The third-order valence-electron chi connectivity index (χ3n) is 5.69. The van der Waals surface area contributed by atoms with Crippen molar-refractivity contribution in [2.45, 2.75) is 44.6 Å². The number of aromatic nitrogens is 1. The lowest BCUT2D eigenvalue weighted by Gasteiger charge is -2.38. The summed E-state index contributed by atoms with van der Waals surface area (Å²) in [7, 11) is 1.60.